The standard InChI is InChI=1S/C33H29N7O6S/c1-18-4-8-23-19(12-18)5-6-20-13-22(46-3)7-9-24(20)29(23)25-15-40(33(45)38-30(25)44)26-10-11-34-31(36-26)39(2)16-27(41)37-32-35-21(17-47-32)14-28(42)43/h4-13,15,17,29H,14,16H2,1-3H3,(H,42,43)(H,35,37,41)(H,38,44,45). The first-order valence-corrected chi connectivity index (χ1v) is 15.3. The number of hydrogen-bond acceptors (Lipinski definition) is 10. The number of aliphatic carboxylic acids is 1. The fourth-order valence-corrected chi connectivity index (χ4v) is 6.16. The van der Waals surface area contributed by atoms with Crippen molar-refractivity contribution < 1.29 is 19.4 Å². The van der Waals surface area contributed by atoms with Crippen LogP contribution in [0.5, 0.6) is 5.75 Å². The van der Waals surface area contributed by atoms with Gasteiger partial charge in [-0.3, -0.25) is 23.9 Å². The Balaban J connectivity index is 1.33. The van der Waals surface area contributed by atoms with E-state index in [2.05, 4.69) is 31.3 Å². The second-order valence-electron chi connectivity index (χ2n) is 10.9. The molecule has 0 saturated carbocycles. The van der Waals surface area contributed by atoms with Crippen molar-refractivity contribution in [3.8, 4) is 11.6 Å². The number of methoxy groups -OCH3 is 1. The van der Waals surface area contributed by atoms with Crippen molar-refractivity contribution in [3.05, 3.63) is 120 Å². The number of amides is 1. The lowest BCUT2D eigenvalue weighted by Gasteiger charge is -2.22. The summed E-state index contributed by atoms with van der Waals surface area (Å²) < 4.78 is 6.71. The number of aromatic nitrogens is 5. The summed E-state index contributed by atoms with van der Waals surface area (Å²) in [6, 6.07) is 13.3. The Bertz CT molecular complexity index is 2170. The Morgan fingerprint density at radius 2 is 1.81 bits per heavy atom. The van der Waals surface area contributed by atoms with Gasteiger partial charge in [0.2, 0.25) is 11.9 Å². The van der Waals surface area contributed by atoms with E-state index >= 15 is 0 Å². The molecule has 3 N–H and O–H groups in total. The predicted molar refractivity (Wildman–Crippen MR) is 178 cm³/mol. The Kier molecular flexibility index (Phi) is 8.50. The van der Waals surface area contributed by atoms with Crippen molar-refractivity contribution in [3.63, 3.8) is 0 Å². The van der Waals surface area contributed by atoms with Gasteiger partial charge in [-0.2, -0.15) is 4.98 Å². The highest BCUT2D eigenvalue weighted by Crippen LogP contribution is 2.39. The Labute approximate surface area is 271 Å². The van der Waals surface area contributed by atoms with Crippen molar-refractivity contribution in [2.75, 3.05) is 30.9 Å². The molecule has 3 heterocycles. The second kappa shape index (κ2) is 12.8. The minimum atomic E-state index is -1.02. The lowest BCUT2D eigenvalue weighted by Crippen LogP contribution is -2.34. The summed E-state index contributed by atoms with van der Waals surface area (Å²) in [5.41, 5.74) is 4.12. The van der Waals surface area contributed by atoms with Crippen molar-refractivity contribution in [1.29, 1.82) is 0 Å². The van der Waals surface area contributed by atoms with Crippen molar-refractivity contribution in [2.45, 2.75) is 19.3 Å². The van der Waals surface area contributed by atoms with Crippen LogP contribution in [-0.4, -0.2) is 62.2 Å². The fraction of sp³-hybridized carbons (Fsp3) is 0.182. The number of H-pyrrole nitrogens is 1. The number of hydrogen-bond donors (Lipinski definition) is 3. The molecule has 13 nitrogen and oxygen atoms in total. The topological polar surface area (TPSA) is 172 Å². The van der Waals surface area contributed by atoms with Gasteiger partial charge in [0.05, 0.1) is 25.8 Å². The first-order chi connectivity index (χ1) is 22.6. The largest absolute Gasteiger partial charge is 0.497 e. The van der Waals surface area contributed by atoms with E-state index in [9.17, 15) is 19.2 Å². The van der Waals surface area contributed by atoms with E-state index in [4.69, 9.17) is 9.84 Å². The van der Waals surface area contributed by atoms with Crippen LogP contribution in [0.1, 0.15) is 45.0 Å². The van der Waals surface area contributed by atoms with Crippen LogP contribution >= 0.6 is 11.3 Å². The molecule has 3 aromatic heterocycles. The Hall–Kier alpha value is -5.89. The zero-order chi connectivity index (χ0) is 33.2. The highest BCUT2D eigenvalue weighted by atomic mass is 32.1. The number of likely N-dealkylation sites (N-methyl/N-ethyl adjacent to an activating group) is 1. The Morgan fingerprint density at radius 1 is 1.06 bits per heavy atom. The van der Waals surface area contributed by atoms with Crippen molar-refractivity contribution in [2.24, 2.45) is 0 Å². The molecule has 1 atom stereocenters. The number of benzene rings is 2. The number of nitrogens with one attached hydrogen (secondary N) is 2. The average molecular weight is 652 g/mol. The fourth-order valence-electron chi connectivity index (χ4n) is 5.43. The molecule has 1 amide bonds. The maximum Gasteiger partial charge on any atom is 0.334 e. The number of carbonyl (C=O) groups excluding carboxylic acids is 1. The van der Waals surface area contributed by atoms with Crippen molar-refractivity contribution in [1.82, 2.24) is 24.5 Å². The molecule has 47 heavy (non-hydrogen) atoms. The number of carboxylic acids is 1. The number of rotatable bonds is 9. The first kappa shape index (κ1) is 31.1. The molecule has 0 saturated heterocycles. The molecule has 1 aliphatic carbocycles. The molecule has 14 heteroatoms. The third-order valence-corrected chi connectivity index (χ3v) is 8.42. The third kappa shape index (κ3) is 6.58. The number of aromatic amines is 1. The zero-order valence-electron chi connectivity index (χ0n) is 25.6. The van der Waals surface area contributed by atoms with Gasteiger partial charge in [-0.1, -0.05) is 42.0 Å². The van der Waals surface area contributed by atoms with E-state index in [0.29, 0.717) is 17.0 Å². The van der Waals surface area contributed by atoms with E-state index in [1.807, 2.05) is 49.4 Å². The zero-order valence-corrected chi connectivity index (χ0v) is 26.4. The quantitative estimate of drug-likeness (QED) is 0.210. The van der Waals surface area contributed by atoms with Gasteiger partial charge in [-0.15, -0.1) is 11.3 Å². The molecule has 0 radical (unpaired) electrons. The van der Waals surface area contributed by atoms with Crippen LogP contribution in [0.25, 0.3) is 18.0 Å². The summed E-state index contributed by atoms with van der Waals surface area (Å²) in [6.45, 7) is 1.84. The van der Waals surface area contributed by atoms with Gasteiger partial charge >= 0.3 is 11.7 Å². The highest BCUT2D eigenvalue weighted by Gasteiger charge is 2.27. The number of carboxylic acid groups (broad SMARTS) is 1. The summed E-state index contributed by atoms with van der Waals surface area (Å²) >= 11 is 1.12. The summed E-state index contributed by atoms with van der Waals surface area (Å²) in [5.74, 6) is -0.947. The van der Waals surface area contributed by atoms with Gasteiger partial charge in [-0.05, 0) is 41.3 Å². The normalized spacial score (nSPS) is 13.3. The lowest BCUT2D eigenvalue weighted by atomic mass is 9.83. The minimum absolute atomic E-state index is 0.153. The van der Waals surface area contributed by atoms with Crippen LogP contribution in [0.3, 0.4) is 0 Å². The van der Waals surface area contributed by atoms with Crippen LogP contribution in [0, 0.1) is 6.92 Å². The smallest absolute Gasteiger partial charge is 0.334 e. The number of carbonyl (C=O) groups is 2. The molecule has 0 aliphatic heterocycles. The minimum Gasteiger partial charge on any atom is -0.497 e. The molecule has 2 aromatic carbocycles. The number of nitrogens with zero attached hydrogens (tertiary/aromatic N) is 5. The van der Waals surface area contributed by atoms with E-state index in [1.54, 1.807) is 19.5 Å². The summed E-state index contributed by atoms with van der Waals surface area (Å²) in [6.07, 6.45) is 6.72. The highest BCUT2D eigenvalue weighted by molar-refractivity contribution is 7.13. The summed E-state index contributed by atoms with van der Waals surface area (Å²) in [5, 5.41) is 13.4. The van der Waals surface area contributed by atoms with Gasteiger partial charge in [0, 0.05) is 42.4 Å². The number of aryl methyl sites for hydroxylation is 1. The predicted octanol–water partition coefficient (Wildman–Crippen LogP) is 3.46. The van der Waals surface area contributed by atoms with Gasteiger partial charge in [0.25, 0.3) is 5.56 Å². The van der Waals surface area contributed by atoms with E-state index < -0.39 is 29.0 Å². The SMILES string of the molecule is COc1ccc2c(c1)C=Cc1cc(C)ccc1C2c1cn(-c2ccnc(N(C)CC(=O)Nc3nc(CC(=O)O)cs3)n2)c(=O)[nH]c1=O. The monoisotopic (exact) mass is 651 g/mol. The summed E-state index contributed by atoms with van der Waals surface area (Å²) in [7, 11) is 3.21. The molecule has 0 bridgehead atoms. The number of thiazole rings is 1. The second-order valence-corrected chi connectivity index (χ2v) is 11.8. The van der Waals surface area contributed by atoms with Gasteiger partial charge < -0.3 is 20.1 Å². The molecule has 6 rings (SSSR count). The van der Waals surface area contributed by atoms with Gasteiger partial charge in [0.15, 0.2) is 5.13 Å². The maximum atomic E-state index is 13.5. The maximum absolute atomic E-state index is 13.5. The number of fused-ring (bicyclic) bond motifs is 2. The van der Waals surface area contributed by atoms with Crippen molar-refractivity contribution >= 4 is 46.4 Å². The molecule has 0 spiro atoms. The van der Waals surface area contributed by atoms with Crippen LogP contribution in [-0.2, 0) is 16.0 Å². The summed E-state index contributed by atoms with van der Waals surface area (Å²) in [4.78, 5) is 67.2. The lowest BCUT2D eigenvalue weighted by molar-refractivity contribution is -0.136. The van der Waals surface area contributed by atoms with Crippen LogP contribution in [0.2, 0.25) is 0 Å². The Morgan fingerprint density at radius 3 is 2.55 bits per heavy atom. The average Bonchev–Trinajstić information content (AvgIpc) is 3.40. The first-order valence-electron chi connectivity index (χ1n) is 14.4. The van der Waals surface area contributed by atoms with Gasteiger partial charge in [-0.25, -0.2) is 14.8 Å². The molecular weight excluding hydrogens is 622 g/mol. The molecule has 1 aliphatic rings. The van der Waals surface area contributed by atoms with E-state index in [1.165, 1.54) is 27.9 Å². The molecule has 0 fully saturated rings. The molecule has 5 aromatic rings. The molecule has 1 unspecified atom stereocenters. The van der Waals surface area contributed by atoms with E-state index in [0.717, 1.165) is 39.2 Å². The van der Waals surface area contributed by atoms with Crippen LogP contribution in [0.4, 0.5) is 11.1 Å². The van der Waals surface area contributed by atoms with E-state index in [-0.39, 0.29) is 29.9 Å². The van der Waals surface area contributed by atoms with Gasteiger partial charge in [0.1, 0.15) is 11.6 Å². The van der Waals surface area contributed by atoms with Crippen LogP contribution < -0.4 is 26.2 Å². The van der Waals surface area contributed by atoms with Crippen LogP contribution in [0.15, 0.2) is 69.8 Å². The number of ether oxygens (including phenoxy) is 1. The molecular formula is C33H29N7O6S. The molecule has 238 valence electrons. The third-order valence-electron chi connectivity index (χ3n) is 7.61. The number of anilines is 2.